The maximum atomic E-state index is 11.7. The second kappa shape index (κ2) is 6.46. The van der Waals surface area contributed by atoms with Gasteiger partial charge in [0.05, 0.1) is 0 Å². The van der Waals surface area contributed by atoms with Gasteiger partial charge in [0, 0.05) is 18.9 Å². The van der Waals surface area contributed by atoms with Crippen molar-refractivity contribution < 1.29 is 14.3 Å². The van der Waals surface area contributed by atoms with Crippen molar-refractivity contribution in [3.8, 4) is 0 Å². The highest BCUT2D eigenvalue weighted by Gasteiger charge is 2.11. The quantitative estimate of drug-likeness (QED) is 0.442. The lowest BCUT2D eigenvalue weighted by atomic mass is 10.0. The minimum atomic E-state index is -0.471. The molecule has 1 rings (SSSR count). The number of rotatable bonds is 5. The van der Waals surface area contributed by atoms with Gasteiger partial charge in [-0.15, -0.1) is 5.73 Å². The highest BCUT2D eigenvalue weighted by atomic mass is 16.5. The number of benzene rings is 1. The molecule has 0 aromatic heterocycles. The molecule has 0 bridgehead atoms. The van der Waals surface area contributed by atoms with E-state index >= 15 is 0 Å². The summed E-state index contributed by atoms with van der Waals surface area (Å²) in [6.07, 6.45) is 0.449. The van der Waals surface area contributed by atoms with Crippen LogP contribution in [0.1, 0.15) is 12.5 Å². The summed E-state index contributed by atoms with van der Waals surface area (Å²) in [6, 6.07) is 9.52. The Kier molecular flexibility index (Phi) is 4.92. The first kappa shape index (κ1) is 12.9. The van der Waals surface area contributed by atoms with E-state index in [1.54, 1.807) is 0 Å². The summed E-state index contributed by atoms with van der Waals surface area (Å²) in [5.74, 6) is -0.736. The SMILES string of the molecule is C=C=C(Cc1ccccc1)C(=O)COC(C)=O. The summed E-state index contributed by atoms with van der Waals surface area (Å²) in [5.41, 5.74) is 4.02. The van der Waals surface area contributed by atoms with Crippen molar-refractivity contribution in [1.82, 2.24) is 0 Å². The van der Waals surface area contributed by atoms with Gasteiger partial charge >= 0.3 is 5.97 Å². The van der Waals surface area contributed by atoms with Gasteiger partial charge in [-0.1, -0.05) is 36.9 Å². The first-order valence-corrected chi connectivity index (χ1v) is 5.23. The van der Waals surface area contributed by atoms with Gasteiger partial charge in [0.15, 0.2) is 6.61 Å². The minimum Gasteiger partial charge on any atom is -0.457 e. The minimum absolute atomic E-state index is 0.250. The number of carbonyl (C=O) groups excluding carboxylic acids is 2. The number of ketones is 1. The van der Waals surface area contributed by atoms with Crippen LogP contribution in [-0.2, 0) is 20.7 Å². The second-order valence-electron chi connectivity index (χ2n) is 3.52. The molecule has 88 valence electrons. The molecule has 0 atom stereocenters. The standard InChI is InChI=1S/C14H14O3/c1-3-13(14(16)10-17-11(2)15)9-12-7-5-4-6-8-12/h4-8H,1,9-10H2,2H3. The van der Waals surface area contributed by atoms with E-state index in [1.807, 2.05) is 30.3 Å². The summed E-state index contributed by atoms with van der Waals surface area (Å²) in [6.45, 7) is 4.50. The fraction of sp³-hybridized carbons (Fsp3) is 0.214. The molecule has 0 saturated heterocycles. The lowest BCUT2D eigenvalue weighted by molar-refractivity contribution is -0.144. The number of hydrogen-bond donors (Lipinski definition) is 0. The fourth-order valence-electron chi connectivity index (χ4n) is 1.31. The van der Waals surface area contributed by atoms with Crippen LogP contribution >= 0.6 is 0 Å². The average Bonchev–Trinajstić information content (AvgIpc) is 2.34. The van der Waals surface area contributed by atoms with Crippen molar-refractivity contribution in [2.24, 2.45) is 0 Å². The van der Waals surface area contributed by atoms with Gasteiger partial charge in [-0.2, -0.15) is 0 Å². The lowest BCUT2D eigenvalue weighted by Gasteiger charge is -2.04. The Morgan fingerprint density at radius 3 is 2.47 bits per heavy atom. The molecule has 0 heterocycles. The molecule has 0 saturated carbocycles. The van der Waals surface area contributed by atoms with Gasteiger partial charge in [-0.05, 0) is 5.56 Å². The van der Waals surface area contributed by atoms with Gasteiger partial charge in [0.1, 0.15) is 0 Å². The zero-order valence-corrected chi connectivity index (χ0v) is 9.73. The van der Waals surface area contributed by atoms with Crippen molar-refractivity contribution in [3.63, 3.8) is 0 Å². The molecule has 1 aromatic rings. The van der Waals surface area contributed by atoms with Gasteiger partial charge in [-0.25, -0.2) is 0 Å². The molecule has 3 heteroatoms. The molecule has 0 fully saturated rings. The summed E-state index contributed by atoms with van der Waals surface area (Å²) >= 11 is 0. The molecule has 0 N–H and O–H groups in total. The number of ether oxygens (including phenoxy) is 1. The summed E-state index contributed by atoms with van der Waals surface area (Å²) < 4.78 is 4.65. The maximum Gasteiger partial charge on any atom is 0.303 e. The van der Waals surface area contributed by atoms with Crippen LogP contribution in [0.3, 0.4) is 0 Å². The van der Waals surface area contributed by atoms with Crippen molar-refractivity contribution in [3.05, 3.63) is 53.8 Å². The fourth-order valence-corrected chi connectivity index (χ4v) is 1.31. The van der Waals surface area contributed by atoms with Gasteiger partial charge in [0.25, 0.3) is 0 Å². The Hall–Kier alpha value is -2.12. The molecule has 17 heavy (non-hydrogen) atoms. The van der Waals surface area contributed by atoms with E-state index in [2.05, 4.69) is 17.0 Å². The topological polar surface area (TPSA) is 43.4 Å². The van der Waals surface area contributed by atoms with E-state index in [-0.39, 0.29) is 12.4 Å². The Labute approximate surface area is 100 Å². The molecule has 0 amide bonds. The Morgan fingerprint density at radius 2 is 1.94 bits per heavy atom. The van der Waals surface area contributed by atoms with Crippen molar-refractivity contribution in [1.29, 1.82) is 0 Å². The van der Waals surface area contributed by atoms with Gasteiger partial charge in [-0.3, -0.25) is 9.59 Å². The van der Waals surface area contributed by atoms with E-state index < -0.39 is 5.97 Å². The molecule has 0 spiro atoms. The number of esters is 1. The largest absolute Gasteiger partial charge is 0.457 e. The molecular weight excluding hydrogens is 216 g/mol. The van der Waals surface area contributed by atoms with Gasteiger partial charge < -0.3 is 4.74 Å². The number of Topliss-reactive ketones (excluding diaryl/α,β-unsaturated/α-hetero) is 1. The monoisotopic (exact) mass is 230 g/mol. The third kappa shape index (κ3) is 4.49. The molecule has 3 nitrogen and oxygen atoms in total. The van der Waals surface area contributed by atoms with Crippen LogP contribution in [0.5, 0.6) is 0 Å². The van der Waals surface area contributed by atoms with E-state index in [0.29, 0.717) is 12.0 Å². The van der Waals surface area contributed by atoms with Crippen LogP contribution in [0.4, 0.5) is 0 Å². The van der Waals surface area contributed by atoms with Crippen LogP contribution in [0.25, 0.3) is 0 Å². The van der Waals surface area contributed by atoms with Crippen LogP contribution in [-0.4, -0.2) is 18.4 Å². The van der Waals surface area contributed by atoms with E-state index in [9.17, 15) is 9.59 Å². The molecule has 0 aliphatic rings. The molecule has 1 aromatic carbocycles. The van der Waals surface area contributed by atoms with Crippen LogP contribution in [0, 0.1) is 0 Å². The third-order valence-electron chi connectivity index (χ3n) is 2.18. The first-order valence-electron chi connectivity index (χ1n) is 5.23. The van der Waals surface area contributed by atoms with E-state index in [4.69, 9.17) is 0 Å². The highest BCUT2D eigenvalue weighted by molar-refractivity contribution is 5.97. The molecule has 0 radical (unpaired) electrons. The molecule has 0 aliphatic heterocycles. The van der Waals surface area contributed by atoms with Crippen molar-refractivity contribution >= 4 is 11.8 Å². The zero-order chi connectivity index (χ0) is 12.7. The molecule has 0 unspecified atom stereocenters. The van der Waals surface area contributed by atoms with Gasteiger partial charge in [0.2, 0.25) is 5.78 Å². The number of carbonyl (C=O) groups is 2. The second-order valence-corrected chi connectivity index (χ2v) is 3.52. The van der Waals surface area contributed by atoms with Crippen molar-refractivity contribution in [2.75, 3.05) is 6.61 Å². The first-order chi connectivity index (χ1) is 8.13. The van der Waals surface area contributed by atoms with Crippen molar-refractivity contribution in [2.45, 2.75) is 13.3 Å². The zero-order valence-electron chi connectivity index (χ0n) is 9.73. The maximum absolute atomic E-state index is 11.7. The molecule has 0 aliphatic carbocycles. The summed E-state index contributed by atoms with van der Waals surface area (Å²) in [5, 5.41) is 0. The molecular formula is C14H14O3. The smallest absolute Gasteiger partial charge is 0.303 e. The lowest BCUT2D eigenvalue weighted by Crippen LogP contribution is -2.14. The Bertz CT molecular complexity index is 454. The third-order valence-corrected chi connectivity index (χ3v) is 2.18. The highest BCUT2D eigenvalue weighted by Crippen LogP contribution is 2.08. The summed E-state index contributed by atoms with van der Waals surface area (Å²) in [4.78, 5) is 22.3. The van der Waals surface area contributed by atoms with Crippen LogP contribution in [0.15, 0.2) is 48.2 Å². The Balaban J connectivity index is 2.64. The predicted octanol–water partition coefficient (Wildman–Crippen LogP) is 2.07. The van der Waals surface area contributed by atoms with Crippen LogP contribution in [0.2, 0.25) is 0 Å². The van der Waals surface area contributed by atoms with Crippen LogP contribution < -0.4 is 0 Å². The van der Waals surface area contributed by atoms with E-state index in [0.717, 1.165) is 5.56 Å². The number of hydrogen-bond acceptors (Lipinski definition) is 3. The Morgan fingerprint density at radius 1 is 1.29 bits per heavy atom. The predicted molar refractivity (Wildman–Crippen MR) is 64.4 cm³/mol. The summed E-state index contributed by atoms with van der Waals surface area (Å²) in [7, 11) is 0. The van der Waals surface area contributed by atoms with E-state index in [1.165, 1.54) is 6.92 Å². The normalized spacial score (nSPS) is 9.24. The average molecular weight is 230 g/mol.